The number of aryl methyl sites for hydroxylation is 2. The fraction of sp³-hybridized carbons (Fsp3) is 0.154. The van der Waals surface area contributed by atoms with Crippen LogP contribution in [0.2, 0.25) is 0 Å². The van der Waals surface area contributed by atoms with Crippen molar-refractivity contribution in [3.05, 3.63) is 45.8 Å². The Morgan fingerprint density at radius 3 is 2.47 bits per heavy atom. The third-order valence-corrected chi connectivity index (χ3v) is 3.06. The number of halogens is 1. The first kappa shape index (κ1) is 13.5. The normalized spacial score (nSPS) is 10.3. The maximum absolute atomic E-state index is 10.8. The Balaban J connectivity index is 2.36. The van der Waals surface area contributed by atoms with Crippen molar-refractivity contribution < 1.29 is 9.90 Å². The highest BCUT2D eigenvalue weighted by molar-refractivity contribution is 9.10. The first-order valence-electron chi connectivity index (χ1n) is 5.56. The van der Waals surface area contributed by atoms with Gasteiger partial charge in [0.1, 0.15) is 5.82 Å². The lowest BCUT2D eigenvalue weighted by Crippen LogP contribution is -2.05. The Hall–Kier alpha value is -1.95. The Bertz CT molecular complexity index is 621. The molecule has 0 atom stereocenters. The summed E-state index contributed by atoms with van der Waals surface area (Å²) in [7, 11) is 0. The van der Waals surface area contributed by atoms with Gasteiger partial charge in [0, 0.05) is 10.2 Å². The number of rotatable bonds is 3. The number of carboxylic acid groups (broad SMARTS) is 1. The van der Waals surface area contributed by atoms with Crippen LogP contribution >= 0.6 is 15.9 Å². The molecule has 2 aromatic rings. The van der Waals surface area contributed by atoms with E-state index in [4.69, 9.17) is 5.11 Å². The van der Waals surface area contributed by atoms with Gasteiger partial charge in [0.15, 0.2) is 5.69 Å². The van der Waals surface area contributed by atoms with Crippen LogP contribution < -0.4 is 5.32 Å². The molecule has 19 heavy (non-hydrogen) atoms. The van der Waals surface area contributed by atoms with Gasteiger partial charge >= 0.3 is 5.97 Å². The summed E-state index contributed by atoms with van der Waals surface area (Å²) in [6.45, 7) is 3.93. The molecule has 0 aliphatic rings. The summed E-state index contributed by atoms with van der Waals surface area (Å²) in [4.78, 5) is 18.7. The van der Waals surface area contributed by atoms with Crippen molar-refractivity contribution in [1.29, 1.82) is 0 Å². The van der Waals surface area contributed by atoms with E-state index in [1.807, 2.05) is 26.0 Å². The second-order valence-corrected chi connectivity index (χ2v) is 5.05. The molecule has 0 amide bonds. The molecular formula is C13H12BrN3O2. The smallest absolute Gasteiger partial charge is 0.356 e. The molecule has 98 valence electrons. The van der Waals surface area contributed by atoms with Gasteiger partial charge in [-0.3, -0.25) is 4.98 Å². The molecule has 0 spiro atoms. The standard InChI is InChI=1S/C13H12BrN3O2/c1-7-3-9(14)4-8(2)12(7)17-11-6-15-5-10(16-11)13(18)19/h3-6H,1-2H3,(H,16,17)(H,18,19). The fourth-order valence-electron chi connectivity index (χ4n) is 1.77. The van der Waals surface area contributed by atoms with Crippen LogP contribution in [0.5, 0.6) is 0 Å². The van der Waals surface area contributed by atoms with Crippen LogP contribution in [-0.2, 0) is 0 Å². The summed E-state index contributed by atoms with van der Waals surface area (Å²) in [6, 6.07) is 3.95. The first-order valence-corrected chi connectivity index (χ1v) is 6.36. The number of nitrogens with zero attached hydrogens (tertiary/aromatic N) is 2. The van der Waals surface area contributed by atoms with Crippen molar-refractivity contribution in [3.8, 4) is 0 Å². The fourth-order valence-corrected chi connectivity index (χ4v) is 2.45. The summed E-state index contributed by atoms with van der Waals surface area (Å²) in [5, 5.41) is 12.0. The second kappa shape index (κ2) is 5.36. The van der Waals surface area contributed by atoms with Crippen LogP contribution in [0.25, 0.3) is 0 Å². The molecule has 0 aliphatic heterocycles. The van der Waals surface area contributed by atoms with Gasteiger partial charge in [0.25, 0.3) is 0 Å². The van der Waals surface area contributed by atoms with Crippen LogP contribution in [0.4, 0.5) is 11.5 Å². The summed E-state index contributed by atoms with van der Waals surface area (Å²) in [6.07, 6.45) is 2.71. The Morgan fingerprint density at radius 1 is 1.26 bits per heavy atom. The summed E-state index contributed by atoms with van der Waals surface area (Å²) in [5.74, 6) is -0.686. The van der Waals surface area contributed by atoms with Crippen LogP contribution in [0.3, 0.4) is 0 Å². The minimum absolute atomic E-state index is 0.0857. The van der Waals surface area contributed by atoms with Crippen molar-refractivity contribution in [2.75, 3.05) is 5.32 Å². The van der Waals surface area contributed by atoms with Gasteiger partial charge in [-0.15, -0.1) is 0 Å². The van der Waals surface area contributed by atoms with E-state index in [-0.39, 0.29) is 5.69 Å². The lowest BCUT2D eigenvalue weighted by Gasteiger charge is -2.12. The predicted molar refractivity (Wildman–Crippen MR) is 75.9 cm³/mol. The Kier molecular flexibility index (Phi) is 3.80. The quantitative estimate of drug-likeness (QED) is 0.907. The van der Waals surface area contributed by atoms with Crippen molar-refractivity contribution in [1.82, 2.24) is 9.97 Å². The predicted octanol–water partition coefficient (Wildman–Crippen LogP) is 3.30. The largest absolute Gasteiger partial charge is 0.476 e. The molecule has 6 heteroatoms. The topological polar surface area (TPSA) is 75.1 Å². The van der Waals surface area contributed by atoms with Crippen molar-refractivity contribution >= 4 is 33.4 Å². The zero-order valence-electron chi connectivity index (χ0n) is 10.4. The number of aromatic nitrogens is 2. The number of anilines is 2. The van der Waals surface area contributed by atoms with E-state index in [2.05, 4.69) is 31.2 Å². The minimum Gasteiger partial charge on any atom is -0.476 e. The van der Waals surface area contributed by atoms with E-state index in [0.29, 0.717) is 5.82 Å². The highest BCUT2D eigenvalue weighted by atomic mass is 79.9. The molecule has 0 bridgehead atoms. The van der Waals surface area contributed by atoms with Gasteiger partial charge in [-0.25, -0.2) is 9.78 Å². The molecule has 2 rings (SSSR count). The molecule has 1 aromatic heterocycles. The summed E-state index contributed by atoms with van der Waals surface area (Å²) in [5.41, 5.74) is 2.89. The Labute approximate surface area is 118 Å². The maximum atomic E-state index is 10.8. The molecule has 1 heterocycles. The van der Waals surface area contributed by atoms with Gasteiger partial charge in [0.05, 0.1) is 12.4 Å². The van der Waals surface area contributed by atoms with E-state index in [1.54, 1.807) is 0 Å². The van der Waals surface area contributed by atoms with Crippen LogP contribution in [0.1, 0.15) is 21.6 Å². The van der Waals surface area contributed by atoms with Gasteiger partial charge in [0.2, 0.25) is 0 Å². The molecule has 0 saturated carbocycles. The number of nitrogens with one attached hydrogen (secondary N) is 1. The third kappa shape index (κ3) is 3.08. The van der Waals surface area contributed by atoms with E-state index in [1.165, 1.54) is 12.4 Å². The average Bonchev–Trinajstić information content (AvgIpc) is 2.34. The number of hydrogen-bond acceptors (Lipinski definition) is 4. The molecule has 2 N–H and O–H groups in total. The van der Waals surface area contributed by atoms with Crippen LogP contribution in [-0.4, -0.2) is 21.0 Å². The van der Waals surface area contributed by atoms with Crippen molar-refractivity contribution in [2.24, 2.45) is 0 Å². The Morgan fingerprint density at radius 2 is 1.89 bits per heavy atom. The number of aromatic carboxylic acids is 1. The third-order valence-electron chi connectivity index (χ3n) is 2.60. The molecule has 0 fully saturated rings. The molecular weight excluding hydrogens is 310 g/mol. The lowest BCUT2D eigenvalue weighted by molar-refractivity contribution is 0.0690. The van der Waals surface area contributed by atoms with E-state index >= 15 is 0 Å². The van der Waals surface area contributed by atoms with Crippen molar-refractivity contribution in [3.63, 3.8) is 0 Å². The molecule has 0 aliphatic carbocycles. The van der Waals surface area contributed by atoms with Crippen LogP contribution in [0.15, 0.2) is 29.0 Å². The van der Waals surface area contributed by atoms with Gasteiger partial charge < -0.3 is 10.4 Å². The number of benzene rings is 1. The minimum atomic E-state index is -1.10. The van der Waals surface area contributed by atoms with Crippen LogP contribution in [0, 0.1) is 13.8 Å². The van der Waals surface area contributed by atoms with Crippen molar-refractivity contribution in [2.45, 2.75) is 13.8 Å². The molecule has 1 aromatic carbocycles. The zero-order valence-corrected chi connectivity index (χ0v) is 12.0. The van der Waals surface area contributed by atoms with Gasteiger partial charge in [-0.2, -0.15) is 0 Å². The zero-order chi connectivity index (χ0) is 14.0. The SMILES string of the molecule is Cc1cc(Br)cc(C)c1Nc1cncc(C(=O)O)n1. The monoisotopic (exact) mass is 321 g/mol. The maximum Gasteiger partial charge on any atom is 0.356 e. The second-order valence-electron chi connectivity index (χ2n) is 4.13. The molecule has 0 radical (unpaired) electrons. The average molecular weight is 322 g/mol. The van der Waals surface area contributed by atoms with E-state index in [9.17, 15) is 4.79 Å². The number of hydrogen-bond donors (Lipinski definition) is 2. The first-order chi connectivity index (χ1) is 8.97. The van der Waals surface area contributed by atoms with E-state index < -0.39 is 5.97 Å². The van der Waals surface area contributed by atoms with Gasteiger partial charge in [-0.05, 0) is 37.1 Å². The summed E-state index contributed by atoms with van der Waals surface area (Å²) >= 11 is 3.43. The number of carboxylic acids is 1. The molecule has 5 nitrogen and oxygen atoms in total. The highest BCUT2D eigenvalue weighted by Crippen LogP contribution is 2.27. The summed E-state index contributed by atoms with van der Waals surface area (Å²) < 4.78 is 0.999. The van der Waals surface area contributed by atoms with E-state index in [0.717, 1.165) is 21.3 Å². The van der Waals surface area contributed by atoms with Gasteiger partial charge in [-0.1, -0.05) is 15.9 Å². The highest BCUT2D eigenvalue weighted by Gasteiger charge is 2.09. The molecule has 0 saturated heterocycles. The lowest BCUT2D eigenvalue weighted by atomic mass is 10.1. The number of carbonyl (C=O) groups is 1. The molecule has 0 unspecified atom stereocenters.